The summed E-state index contributed by atoms with van der Waals surface area (Å²) in [6.45, 7) is 3.85. The Morgan fingerprint density at radius 3 is 2.71 bits per heavy atom. The highest BCUT2D eigenvalue weighted by atomic mass is 35.5. The molecular formula is C19H14ClFN2O4S. The van der Waals surface area contributed by atoms with Crippen LogP contribution in [0.3, 0.4) is 0 Å². The van der Waals surface area contributed by atoms with Gasteiger partial charge in [-0.05, 0) is 50.2 Å². The van der Waals surface area contributed by atoms with Crippen molar-refractivity contribution in [1.82, 2.24) is 10.1 Å². The van der Waals surface area contributed by atoms with Crippen LogP contribution in [0.4, 0.5) is 3.89 Å². The lowest BCUT2D eigenvalue weighted by Crippen LogP contribution is -2.05. The number of rotatable bonds is 6. The zero-order valence-electron chi connectivity index (χ0n) is 14.8. The maximum atomic E-state index is 12.5. The molecule has 0 fully saturated rings. The molecule has 6 nitrogen and oxygen atoms in total. The monoisotopic (exact) mass is 420 g/mol. The van der Waals surface area contributed by atoms with E-state index in [1.807, 2.05) is 13.8 Å². The zero-order valence-corrected chi connectivity index (χ0v) is 16.4. The lowest BCUT2D eigenvalue weighted by Gasteiger charge is -2.11. The van der Waals surface area contributed by atoms with Crippen molar-refractivity contribution in [3.63, 3.8) is 0 Å². The van der Waals surface area contributed by atoms with E-state index >= 15 is 0 Å². The Hall–Kier alpha value is -2.71. The Kier molecular flexibility index (Phi) is 5.15. The van der Waals surface area contributed by atoms with Crippen LogP contribution in [0.25, 0.3) is 33.8 Å². The molecule has 9 heteroatoms. The fourth-order valence-corrected chi connectivity index (χ4v) is 3.19. The lowest BCUT2D eigenvalue weighted by molar-refractivity contribution is 0.242. The number of furan rings is 1. The van der Waals surface area contributed by atoms with Crippen molar-refractivity contribution in [3.8, 4) is 34.3 Å². The van der Waals surface area contributed by atoms with Crippen molar-refractivity contribution in [1.29, 1.82) is 0 Å². The SMILES string of the molecule is CC(C)Oc1ccc(-c2nc(-c3ccc(OSF)c4ccoc34)no2)cc1Cl. The predicted molar refractivity (Wildman–Crippen MR) is 105 cm³/mol. The molecule has 0 N–H and O–H groups in total. The summed E-state index contributed by atoms with van der Waals surface area (Å²) in [5.41, 5.74) is 1.72. The molecule has 4 aromatic rings. The summed E-state index contributed by atoms with van der Waals surface area (Å²) in [5, 5.41) is 5.08. The second-order valence-electron chi connectivity index (χ2n) is 6.16. The Morgan fingerprint density at radius 2 is 1.96 bits per heavy atom. The van der Waals surface area contributed by atoms with Gasteiger partial charge in [-0.25, -0.2) is 0 Å². The van der Waals surface area contributed by atoms with Crippen LogP contribution in [0.15, 0.2) is 51.6 Å². The molecule has 28 heavy (non-hydrogen) atoms. The minimum atomic E-state index is -0.232. The molecule has 4 rings (SSSR count). The Morgan fingerprint density at radius 1 is 1.14 bits per heavy atom. The van der Waals surface area contributed by atoms with Crippen molar-refractivity contribution in [3.05, 3.63) is 47.7 Å². The van der Waals surface area contributed by atoms with Gasteiger partial charge < -0.3 is 17.9 Å². The maximum Gasteiger partial charge on any atom is 0.272 e. The molecule has 0 aliphatic rings. The van der Waals surface area contributed by atoms with Crippen LogP contribution in [-0.2, 0) is 0 Å². The van der Waals surface area contributed by atoms with Crippen LogP contribution in [0.2, 0.25) is 5.02 Å². The van der Waals surface area contributed by atoms with Gasteiger partial charge in [0.2, 0.25) is 5.82 Å². The zero-order chi connectivity index (χ0) is 19.7. The number of fused-ring (bicyclic) bond motifs is 1. The van der Waals surface area contributed by atoms with Gasteiger partial charge in [-0.2, -0.15) is 4.98 Å². The maximum absolute atomic E-state index is 12.5. The Bertz CT molecular complexity index is 1130. The molecule has 0 saturated heterocycles. The molecule has 2 aromatic heterocycles. The molecule has 0 aliphatic heterocycles. The highest BCUT2D eigenvalue weighted by Crippen LogP contribution is 2.37. The smallest absolute Gasteiger partial charge is 0.272 e. The lowest BCUT2D eigenvalue weighted by atomic mass is 10.1. The van der Waals surface area contributed by atoms with Crippen molar-refractivity contribution in [2.24, 2.45) is 0 Å². The average molecular weight is 421 g/mol. The number of benzene rings is 2. The molecule has 0 unspecified atom stereocenters. The largest absolute Gasteiger partial charge is 0.489 e. The first-order valence-electron chi connectivity index (χ1n) is 8.33. The minimum absolute atomic E-state index is 0.0109. The summed E-state index contributed by atoms with van der Waals surface area (Å²) in [6.07, 6.45) is 1.50. The minimum Gasteiger partial charge on any atom is -0.489 e. The van der Waals surface area contributed by atoms with Gasteiger partial charge in [0, 0.05) is 5.56 Å². The van der Waals surface area contributed by atoms with E-state index in [1.54, 1.807) is 36.4 Å². The molecule has 2 aromatic carbocycles. The van der Waals surface area contributed by atoms with Gasteiger partial charge >= 0.3 is 0 Å². The van der Waals surface area contributed by atoms with Crippen LogP contribution in [0.1, 0.15) is 13.8 Å². The number of hydrogen-bond donors (Lipinski definition) is 0. The van der Waals surface area contributed by atoms with E-state index in [4.69, 9.17) is 29.5 Å². The quantitative estimate of drug-likeness (QED) is 0.329. The van der Waals surface area contributed by atoms with Crippen LogP contribution >= 0.6 is 24.0 Å². The van der Waals surface area contributed by atoms with Crippen molar-refractivity contribution in [2.75, 3.05) is 0 Å². The summed E-state index contributed by atoms with van der Waals surface area (Å²) in [7, 11) is 0. The molecule has 0 radical (unpaired) electrons. The van der Waals surface area contributed by atoms with Crippen molar-refractivity contribution in [2.45, 2.75) is 20.0 Å². The molecule has 0 amide bonds. The van der Waals surface area contributed by atoms with Gasteiger partial charge in [0.25, 0.3) is 18.3 Å². The standard InChI is InChI=1S/C19H14ClFN2O4S/c1-10(2)25-16-5-3-11(9-14(16)20)19-22-18(23-26-19)13-4-6-15(27-28-21)12-7-8-24-17(12)13/h3-10H,1-2H3. The fraction of sp³-hybridized carbons (Fsp3) is 0.158. The number of ether oxygens (including phenoxy) is 1. The molecule has 0 saturated carbocycles. The second kappa shape index (κ2) is 7.73. The van der Waals surface area contributed by atoms with Crippen LogP contribution in [0, 0.1) is 0 Å². The van der Waals surface area contributed by atoms with E-state index in [1.165, 1.54) is 6.26 Å². The van der Waals surface area contributed by atoms with Gasteiger partial charge in [-0.3, -0.25) is 0 Å². The first-order chi connectivity index (χ1) is 13.6. The number of aromatic nitrogens is 2. The van der Waals surface area contributed by atoms with Crippen LogP contribution in [-0.4, -0.2) is 16.2 Å². The fourth-order valence-electron chi connectivity index (χ4n) is 2.75. The van der Waals surface area contributed by atoms with Gasteiger partial charge in [-0.1, -0.05) is 16.8 Å². The first-order valence-corrected chi connectivity index (χ1v) is 9.35. The van der Waals surface area contributed by atoms with Gasteiger partial charge in [0.05, 0.1) is 28.3 Å². The molecule has 0 atom stereocenters. The normalized spacial score (nSPS) is 11.3. The van der Waals surface area contributed by atoms with E-state index in [9.17, 15) is 3.89 Å². The summed E-state index contributed by atoms with van der Waals surface area (Å²) in [6, 6.07) is 10.2. The van der Waals surface area contributed by atoms with E-state index in [-0.39, 0.29) is 18.5 Å². The number of nitrogens with zero attached hydrogens (tertiary/aromatic N) is 2. The first kappa shape index (κ1) is 18.6. The highest BCUT2D eigenvalue weighted by molar-refractivity contribution is 7.89. The summed E-state index contributed by atoms with van der Waals surface area (Å²) in [4.78, 5) is 4.43. The van der Waals surface area contributed by atoms with E-state index in [0.717, 1.165) is 0 Å². The average Bonchev–Trinajstić information content (AvgIpc) is 3.33. The Balaban J connectivity index is 1.69. The van der Waals surface area contributed by atoms with Crippen molar-refractivity contribution < 1.29 is 21.7 Å². The topological polar surface area (TPSA) is 70.5 Å². The molecule has 0 spiro atoms. The molecule has 2 heterocycles. The van der Waals surface area contributed by atoms with Gasteiger partial charge in [0.15, 0.2) is 5.75 Å². The van der Waals surface area contributed by atoms with Crippen molar-refractivity contribution >= 4 is 35.0 Å². The summed E-state index contributed by atoms with van der Waals surface area (Å²) < 4.78 is 33.9. The summed E-state index contributed by atoms with van der Waals surface area (Å²) >= 11 is 6.05. The van der Waals surface area contributed by atoms with Gasteiger partial charge in [-0.15, -0.1) is 3.89 Å². The van der Waals surface area contributed by atoms with E-state index in [0.29, 0.717) is 50.3 Å². The Labute approximate surface area is 169 Å². The third-order valence-electron chi connectivity index (χ3n) is 3.91. The second-order valence-corrected chi connectivity index (χ2v) is 6.86. The molecule has 0 bridgehead atoms. The van der Waals surface area contributed by atoms with E-state index < -0.39 is 0 Å². The third-order valence-corrected chi connectivity index (χ3v) is 4.44. The van der Waals surface area contributed by atoms with Crippen LogP contribution in [0.5, 0.6) is 11.5 Å². The number of halogens is 2. The van der Waals surface area contributed by atoms with Gasteiger partial charge in [0.1, 0.15) is 11.3 Å². The number of hydrogen-bond acceptors (Lipinski definition) is 7. The van der Waals surface area contributed by atoms with Crippen LogP contribution < -0.4 is 8.92 Å². The summed E-state index contributed by atoms with van der Waals surface area (Å²) in [5.74, 6) is 1.55. The molecule has 144 valence electrons. The van der Waals surface area contributed by atoms with E-state index in [2.05, 4.69) is 10.1 Å². The highest BCUT2D eigenvalue weighted by Gasteiger charge is 2.18. The molecule has 0 aliphatic carbocycles. The molecular weight excluding hydrogens is 407 g/mol. The predicted octanol–water partition coefficient (Wildman–Crippen LogP) is 6.50. The third kappa shape index (κ3) is 3.53.